The molecule has 0 atom stereocenters. The van der Waals surface area contributed by atoms with Crippen molar-refractivity contribution in [2.24, 2.45) is 0 Å². The summed E-state index contributed by atoms with van der Waals surface area (Å²) in [6.45, 7) is 0.372. The van der Waals surface area contributed by atoms with Gasteiger partial charge in [-0.25, -0.2) is 14.4 Å². The maximum Gasteiger partial charge on any atom is 0.416 e. The van der Waals surface area contributed by atoms with Crippen molar-refractivity contribution >= 4 is 5.91 Å². The zero-order chi connectivity index (χ0) is 22.2. The molecular formula is C21H13F4N5O. The molecule has 156 valence electrons. The van der Waals surface area contributed by atoms with Crippen molar-refractivity contribution in [1.82, 2.24) is 20.3 Å². The molecular weight excluding hydrogens is 414 g/mol. The number of hydrogen-bond acceptors (Lipinski definition) is 5. The van der Waals surface area contributed by atoms with Crippen LogP contribution < -0.4 is 5.32 Å². The van der Waals surface area contributed by atoms with Crippen LogP contribution in [0.25, 0.3) is 11.4 Å². The van der Waals surface area contributed by atoms with Gasteiger partial charge in [0.15, 0.2) is 0 Å². The summed E-state index contributed by atoms with van der Waals surface area (Å²) in [5, 5.41) is 12.0. The summed E-state index contributed by atoms with van der Waals surface area (Å²) in [6, 6.07) is 5.80. The van der Waals surface area contributed by atoms with Gasteiger partial charge in [-0.1, -0.05) is 0 Å². The maximum atomic E-state index is 13.7. The molecule has 1 N–H and O–H groups in total. The van der Waals surface area contributed by atoms with Gasteiger partial charge >= 0.3 is 6.18 Å². The summed E-state index contributed by atoms with van der Waals surface area (Å²) in [5.74, 6) is -1.37. The highest BCUT2D eigenvalue weighted by Crippen LogP contribution is 2.31. The number of halogens is 4. The van der Waals surface area contributed by atoms with Gasteiger partial charge in [-0.05, 0) is 41.8 Å². The number of nitrogens with zero attached hydrogens (tertiary/aromatic N) is 4. The van der Waals surface area contributed by atoms with Crippen LogP contribution in [0.1, 0.15) is 38.3 Å². The highest BCUT2D eigenvalue weighted by atomic mass is 19.4. The van der Waals surface area contributed by atoms with Gasteiger partial charge in [0, 0.05) is 24.9 Å². The van der Waals surface area contributed by atoms with Crippen LogP contribution in [-0.4, -0.2) is 27.4 Å². The second-order valence-electron chi connectivity index (χ2n) is 6.91. The smallest absolute Gasteiger partial charge is 0.352 e. The van der Waals surface area contributed by atoms with Gasteiger partial charge in [0.1, 0.15) is 18.2 Å². The number of benzene rings is 1. The third-order valence-corrected chi connectivity index (χ3v) is 4.82. The number of carbonyl (C=O) groups is 1. The van der Waals surface area contributed by atoms with E-state index in [1.807, 2.05) is 6.07 Å². The minimum atomic E-state index is -4.67. The number of nitrogens with one attached hydrogen (secondary N) is 1. The number of rotatable bonds is 3. The first-order valence-corrected chi connectivity index (χ1v) is 9.14. The Morgan fingerprint density at radius 1 is 1.13 bits per heavy atom. The molecule has 0 fully saturated rings. The first-order chi connectivity index (χ1) is 14.8. The molecule has 6 nitrogen and oxygen atoms in total. The first-order valence-electron chi connectivity index (χ1n) is 9.14. The summed E-state index contributed by atoms with van der Waals surface area (Å²) < 4.78 is 52.6. The largest absolute Gasteiger partial charge is 0.416 e. The Hall–Kier alpha value is -3.87. The van der Waals surface area contributed by atoms with E-state index < -0.39 is 17.6 Å². The van der Waals surface area contributed by atoms with E-state index in [2.05, 4.69) is 20.3 Å². The number of carbonyl (C=O) groups excluding carboxylic acids is 1. The topological polar surface area (TPSA) is 91.6 Å². The molecule has 1 aliphatic heterocycles. The summed E-state index contributed by atoms with van der Waals surface area (Å²) >= 11 is 0. The SMILES string of the molecule is N#Cc1cnc(-c2cc(Cc3cc(F)cc(C(F)(F)F)c3)ncn2)c2c1C(=O)NCC2. The van der Waals surface area contributed by atoms with E-state index in [-0.39, 0.29) is 29.0 Å². The predicted molar refractivity (Wildman–Crippen MR) is 100 cm³/mol. The molecule has 1 aromatic carbocycles. The van der Waals surface area contributed by atoms with E-state index in [1.165, 1.54) is 18.6 Å². The minimum Gasteiger partial charge on any atom is -0.352 e. The van der Waals surface area contributed by atoms with Gasteiger partial charge in [0.2, 0.25) is 0 Å². The molecule has 0 aliphatic carbocycles. The summed E-state index contributed by atoms with van der Waals surface area (Å²) in [6.07, 6.45) is -1.78. The summed E-state index contributed by atoms with van der Waals surface area (Å²) in [7, 11) is 0. The predicted octanol–water partition coefficient (Wildman–Crippen LogP) is 3.44. The van der Waals surface area contributed by atoms with Crippen molar-refractivity contribution in [2.45, 2.75) is 19.0 Å². The molecule has 0 bridgehead atoms. The zero-order valence-electron chi connectivity index (χ0n) is 15.8. The molecule has 10 heteroatoms. The molecule has 1 amide bonds. The Balaban J connectivity index is 1.73. The maximum absolute atomic E-state index is 13.7. The van der Waals surface area contributed by atoms with Gasteiger partial charge < -0.3 is 5.32 Å². The Morgan fingerprint density at radius 3 is 2.68 bits per heavy atom. The number of amides is 1. The third-order valence-electron chi connectivity index (χ3n) is 4.82. The van der Waals surface area contributed by atoms with Crippen molar-refractivity contribution in [3.05, 3.63) is 76.1 Å². The quantitative estimate of drug-likeness (QED) is 0.647. The van der Waals surface area contributed by atoms with E-state index in [9.17, 15) is 27.6 Å². The Kier molecular flexibility index (Phi) is 5.10. The molecule has 2 aromatic heterocycles. The number of hydrogen-bond donors (Lipinski definition) is 1. The van der Waals surface area contributed by atoms with Crippen molar-refractivity contribution in [1.29, 1.82) is 5.26 Å². The van der Waals surface area contributed by atoms with Crippen LogP contribution in [0.4, 0.5) is 17.6 Å². The van der Waals surface area contributed by atoms with Gasteiger partial charge in [-0.15, -0.1) is 0 Å². The molecule has 1 aliphatic rings. The van der Waals surface area contributed by atoms with Crippen LogP contribution in [0, 0.1) is 17.1 Å². The van der Waals surface area contributed by atoms with E-state index in [4.69, 9.17) is 0 Å². The summed E-state index contributed by atoms with van der Waals surface area (Å²) in [4.78, 5) is 24.8. The van der Waals surface area contributed by atoms with Crippen LogP contribution in [0.2, 0.25) is 0 Å². The van der Waals surface area contributed by atoms with E-state index in [1.54, 1.807) is 0 Å². The molecule has 3 aromatic rings. The van der Waals surface area contributed by atoms with Crippen molar-refractivity contribution in [2.75, 3.05) is 6.54 Å². The second kappa shape index (κ2) is 7.75. The normalized spacial score (nSPS) is 13.3. The van der Waals surface area contributed by atoms with Crippen LogP contribution in [0.15, 0.2) is 36.8 Å². The number of alkyl halides is 3. The third kappa shape index (κ3) is 4.07. The molecule has 3 heterocycles. The Bertz CT molecular complexity index is 1230. The lowest BCUT2D eigenvalue weighted by atomic mass is 9.94. The molecule has 0 spiro atoms. The lowest BCUT2D eigenvalue weighted by Gasteiger charge is -2.19. The van der Waals surface area contributed by atoms with E-state index >= 15 is 0 Å². The van der Waals surface area contributed by atoms with Gasteiger partial charge in [0.25, 0.3) is 5.91 Å². The highest BCUT2D eigenvalue weighted by Gasteiger charge is 2.31. The number of nitriles is 1. The molecule has 0 saturated carbocycles. The van der Waals surface area contributed by atoms with Gasteiger partial charge in [0.05, 0.1) is 28.1 Å². The average Bonchev–Trinajstić information content (AvgIpc) is 2.72. The molecule has 0 saturated heterocycles. The monoisotopic (exact) mass is 427 g/mol. The highest BCUT2D eigenvalue weighted by molar-refractivity contribution is 6.00. The van der Waals surface area contributed by atoms with Crippen molar-refractivity contribution in [3.63, 3.8) is 0 Å². The Morgan fingerprint density at radius 2 is 1.94 bits per heavy atom. The van der Waals surface area contributed by atoms with E-state index in [0.29, 0.717) is 41.7 Å². The van der Waals surface area contributed by atoms with E-state index in [0.717, 1.165) is 12.1 Å². The molecule has 4 rings (SSSR count). The average molecular weight is 427 g/mol. The number of fused-ring (bicyclic) bond motifs is 1. The molecule has 0 radical (unpaired) electrons. The lowest BCUT2D eigenvalue weighted by molar-refractivity contribution is -0.137. The van der Waals surface area contributed by atoms with Crippen LogP contribution in [-0.2, 0) is 19.0 Å². The zero-order valence-corrected chi connectivity index (χ0v) is 15.8. The molecule has 0 unspecified atom stereocenters. The fraction of sp³-hybridized carbons (Fsp3) is 0.190. The fourth-order valence-electron chi connectivity index (χ4n) is 3.50. The molecule has 31 heavy (non-hydrogen) atoms. The standard InChI is InChI=1S/C21H13F4N5O/c22-14-4-11(3-13(6-14)21(23,24)25)5-15-7-17(30-10-29-15)19-16-1-2-27-20(31)18(16)12(8-26)9-28-19/h3-4,6-7,9-10H,1-2,5H2,(H,27,31). The summed E-state index contributed by atoms with van der Waals surface area (Å²) in [5.41, 5.74) is 1.07. The van der Waals surface area contributed by atoms with Crippen molar-refractivity contribution < 1.29 is 22.4 Å². The van der Waals surface area contributed by atoms with Crippen LogP contribution in [0.3, 0.4) is 0 Å². The second-order valence-corrected chi connectivity index (χ2v) is 6.91. The van der Waals surface area contributed by atoms with Gasteiger partial charge in [-0.3, -0.25) is 9.78 Å². The Labute approximate surface area is 173 Å². The minimum absolute atomic E-state index is 0.0602. The van der Waals surface area contributed by atoms with Crippen LogP contribution in [0.5, 0.6) is 0 Å². The number of aromatic nitrogens is 3. The fourth-order valence-corrected chi connectivity index (χ4v) is 3.50. The van der Waals surface area contributed by atoms with Gasteiger partial charge in [-0.2, -0.15) is 18.4 Å². The van der Waals surface area contributed by atoms with Crippen LogP contribution >= 0.6 is 0 Å². The number of pyridine rings is 1. The first kappa shape index (κ1) is 20.4. The van der Waals surface area contributed by atoms with Crippen molar-refractivity contribution in [3.8, 4) is 17.5 Å². The lowest BCUT2D eigenvalue weighted by Crippen LogP contribution is -2.33.